The van der Waals surface area contributed by atoms with Crippen LogP contribution in [0.5, 0.6) is 0 Å². The highest BCUT2D eigenvalue weighted by Gasteiger charge is 2.35. The maximum absolute atomic E-state index is 11.5. The van der Waals surface area contributed by atoms with Crippen LogP contribution in [-0.4, -0.2) is 35.0 Å². The molecule has 0 radical (unpaired) electrons. The molecule has 1 saturated heterocycles. The molecule has 1 aliphatic rings. The van der Waals surface area contributed by atoms with Crippen LogP contribution in [0.3, 0.4) is 0 Å². The van der Waals surface area contributed by atoms with Gasteiger partial charge in [-0.2, -0.15) is 4.98 Å². The molecule has 0 bridgehead atoms. The highest BCUT2D eigenvalue weighted by molar-refractivity contribution is 5.73. The van der Waals surface area contributed by atoms with Gasteiger partial charge in [0.1, 0.15) is 5.82 Å². The Morgan fingerprint density at radius 2 is 2.00 bits per heavy atom. The lowest BCUT2D eigenvalue weighted by Crippen LogP contribution is -2.38. The highest BCUT2D eigenvalue weighted by Crippen LogP contribution is 2.30. The van der Waals surface area contributed by atoms with E-state index in [0.29, 0.717) is 18.3 Å². The van der Waals surface area contributed by atoms with Gasteiger partial charge in [0.05, 0.1) is 6.04 Å². The van der Waals surface area contributed by atoms with Gasteiger partial charge in [-0.25, -0.2) is 4.98 Å². The molecular weight excluding hydrogens is 290 g/mol. The summed E-state index contributed by atoms with van der Waals surface area (Å²) < 4.78 is 0. The van der Waals surface area contributed by atoms with Crippen LogP contribution in [-0.2, 0) is 4.79 Å². The molecule has 0 spiro atoms. The van der Waals surface area contributed by atoms with E-state index >= 15 is 0 Å². The van der Waals surface area contributed by atoms with E-state index in [0.717, 1.165) is 6.54 Å². The number of aryl methyl sites for hydroxylation is 1. The van der Waals surface area contributed by atoms with Crippen molar-refractivity contribution in [2.24, 2.45) is 0 Å². The van der Waals surface area contributed by atoms with Crippen LogP contribution in [0.2, 0.25) is 0 Å². The van der Waals surface area contributed by atoms with Gasteiger partial charge in [-0.05, 0) is 18.6 Å². The molecule has 3 N–H and O–H groups in total. The summed E-state index contributed by atoms with van der Waals surface area (Å²) in [6.45, 7) is 5.03. The number of nitrogens with one attached hydrogen (secondary N) is 1. The van der Waals surface area contributed by atoms with Gasteiger partial charge in [0.15, 0.2) is 0 Å². The predicted molar refractivity (Wildman–Crippen MR) is 90.2 cm³/mol. The molecule has 6 nitrogen and oxygen atoms in total. The van der Waals surface area contributed by atoms with Crippen molar-refractivity contribution in [2.45, 2.75) is 25.8 Å². The number of benzene rings is 1. The predicted octanol–water partition coefficient (Wildman–Crippen LogP) is 1.48. The molecule has 2 aromatic rings. The average molecular weight is 311 g/mol. The van der Waals surface area contributed by atoms with Gasteiger partial charge in [0, 0.05) is 32.1 Å². The Morgan fingerprint density at radius 1 is 1.26 bits per heavy atom. The van der Waals surface area contributed by atoms with Crippen LogP contribution in [0.4, 0.5) is 11.8 Å². The first-order valence-electron chi connectivity index (χ1n) is 7.70. The smallest absolute Gasteiger partial charge is 0.227 e. The van der Waals surface area contributed by atoms with Crippen LogP contribution in [0.25, 0.3) is 0 Å². The number of aromatic nitrogens is 2. The van der Waals surface area contributed by atoms with Crippen LogP contribution in [0, 0.1) is 6.92 Å². The quantitative estimate of drug-likeness (QED) is 0.897. The molecule has 120 valence electrons. The van der Waals surface area contributed by atoms with Gasteiger partial charge in [-0.1, -0.05) is 29.8 Å². The van der Waals surface area contributed by atoms with Gasteiger partial charge >= 0.3 is 0 Å². The van der Waals surface area contributed by atoms with Crippen molar-refractivity contribution < 1.29 is 4.79 Å². The Kier molecular flexibility index (Phi) is 4.14. The van der Waals surface area contributed by atoms with Crippen LogP contribution >= 0.6 is 0 Å². The molecule has 0 saturated carbocycles. The Balaban J connectivity index is 1.87. The molecule has 2 heterocycles. The molecule has 6 heteroatoms. The molecule has 1 aromatic carbocycles. The number of nitrogens with zero attached hydrogens (tertiary/aromatic N) is 3. The summed E-state index contributed by atoms with van der Waals surface area (Å²) in [4.78, 5) is 22.2. The third-order valence-electron chi connectivity index (χ3n) is 4.16. The summed E-state index contributed by atoms with van der Waals surface area (Å²) in [6.07, 6.45) is 1.66. The Hall–Kier alpha value is -2.63. The van der Waals surface area contributed by atoms with Crippen molar-refractivity contribution >= 4 is 17.7 Å². The third-order valence-corrected chi connectivity index (χ3v) is 4.16. The molecule has 1 fully saturated rings. The number of nitrogen functional groups attached to an aromatic ring is 1. The van der Waals surface area contributed by atoms with E-state index in [2.05, 4.69) is 51.4 Å². The fraction of sp³-hybridized carbons (Fsp3) is 0.353. The summed E-state index contributed by atoms with van der Waals surface area (Å²) >= 11 is 0. The van der Waals surface area contributed by atoms with Crippen molar-refractivity contribution in [3.63, 3.8) is 0 Å². The largest absolute Gasteiger partial charge is 0.384 e. The monoisotopic (exact) mass is 311 g/mol. The lowest BCUT2D eigenvalue weighted by Gasteiger charge is -2.19. The number of hydrogen-bond acceptors (Lipinski definition) is 5. The first kappa shape index (κ1) is 15.3. The lowest BCUT2D eigenvalue weighted by molar-refractivity contribution is -0.119. The number of hydrogen-bond donors (Lipinski definition) is 2. The zero-order valence-corrected chi connectivity index (χ0v) is 13.4. The maximum Gasteiger partial charge on any atom is 0.227 e. The number of anilines is 2. The second kappa shape index (κ2) is 6.24. The molecule has 0 unspecified atom stereocenters. The molecule has 1 amide bonds. The van der Waals surface area contributed by atoms with E-state index in [-0.39, 0.29) is 17.9 Å². The molecule has 1 aromatic heterocycles. The summed E-state index contributed by atoms with van der Waals surface area (Å²) in [6, 6.07) is 10.1. The maximum atomic E-state index is 11.5. The molecule has 23 heavy (non-hydrogen) atoms. The minimum Gasteiger partial charge on any atom is -0.384 e. The molecule has 2 atom stereocenters. The van der Waals surface area contributed by atoms with Crippen molar-refractivity contribution in [3.05, 3.63) is 47.7 Å². The van der Waals surface area contributed by atoms with Gasteiger partial charge in [-0.3, -0.25) is 4.79 Å². The molecule has 0 aliphatic carbocycles. The van der Waals surface area contributed by atoms with Crippen molar-refractivity contribution in [1.29, 1.82) is 0 Å². The van der Waals surface area contributed by atoms with Crippen LogP contribution < -0.4 is 16.0 Å². The minimum atomic E-state index is -0.0255. The van der Waals surface area contributed by atoms with E-state index in [4.69, 9.17) is 5.73 Å². The van der Waals surface area contributed by atoms with E-state index in [1.54, 1.807) is 19.2 Å². The van der Waals surface area contributed by atoms with E-state index in [9.17, 15) is 4.79 Å². The summed E-state index contributed by atoms with van der Waals surface area (Å²) in [7, 11) is 0. The lowest BCUT2D eigenvalue weighted by atomic mass is 9.93. The second-order valence-electron chi connectivity index (χ2n) is 6.01. The zero-order chi connectivity index (χ0) is 16.4. The first-order chi connectivity index (χ1) is 11.0. The number of carbonyl (C=O) groups excluding carboxylic acids is 1. The summed E-state index contributed by atoms with van der Waals surface area (Å²) in [5, 5.41) is 3.05. The van der Waals surface area contributed by atoms with Crippen LogP contribution in [0.1, 0.15) is 24.0 Å². The van der Waals surface area contributed by atoms with Gasteiger partial charge in [0.25, 0.3) is 0 Å². The second-order valence-corrected chi connectivity index (χ2v) is 6.01. The first-order valence-corrected chi connectivity index (χ1v) is 7.70. The minimum absolute atomic E-state index is 0.0255. The van der Waals surface area contributed by atoms with Crippen molar-refractivity contribution in [3.8, 4) is 0 Å². The number of amides is 1. The summed E-state index contributed by atoms with van der Waals surface area (Å²) in [5.74, 6) is 1.23. The van der Waals surface area contributed by atoms with Crippen LogP contribution in [0.15, 0.2) is 36.5 Å². The standard InChI is InChI=1S/C17H21N5O/c1-11-3-5-13(6-4-11)14-9-22(10-15(14)20-12(2)23)17-19-8-7-16(18)21-17/h3-8,14-15H,9-10H2,1-2H3,(H,20,23)(H2,18,19,21)/t14-,15+/m0/s1. The SMILES string of the molecule is CC(=O)N[C@@H]1CN(c2nccc(N)n2)C[C@H]1c1ccc(C)cc1. The van der Waals surface area contributed by atoms with Crippen molar-refractivity contribution in [1.82, 2.24) is 15.3 Å². The topological polar surface area (TPSA) is 84.1 Å². The van der Waals surface area contributed by atoms with Gasteiger partial charge in [-0.15, -0.1) is 0 Å². The van der Waals surface area contributed by atoms with Crippen molar-refractivity contribution in [2.75, 3.05) is 23.7 Å². The molecular formula is C17H21N5O. The fourth-order valence-electron chi connectivity index (χ4n) is 3.04. The average Bonchev–Trinajstić information content (AvgIpc) is 2.91. The highest BCUT2D eigenvalue weighted by atomic mass is 16.1. The van der Waals surface area contributed by atoms with E-state index < -0.39 is 0 Å². The summed E-state index contributed by atoms with van der Waals surface area (Å²) in [5.41, 5.74) is 8.19. The fourth-order valence-corrected chi connectivity index (χ4v) is 3.04. The number of carbonyl (C=O) groups is 1. The number of nitrogens with two attached hydrogens (primary N) is 1. The number of rotatable bonds is 3. The Bertz CT molecular complexity index is 700. The zero-order valence-electron chi connectivity index (χ0n) is 13.4. The third kappa shape index (κ3) is 3.41. The normalized spacial score (nSPS) is 20.5. The van der Waals surface area contributed by atoms with E-state index in [1.807, 2.05) is 0 Å². The molecule has 3 rings (SSSR count). The molecule has 1 aliphatic heterocycles. The van der Waals surface area contributed by atoms with E-state index in [1.165, 1.54) is 11.1 Å². The Morgan fingerprint density at radius 3 is 2.65 bits per heavy atom. The Labute approximate surface area is 135 Å². The van der Waals surface area contributed by atoms with Gasteiger partial charge < -0.3 is 16.0 Å². The van der Waals surface area contributed by atoms with Gasteiger partial charge in [0.2, 0.25) is 11.9 Å².